The standard InChI is InChI=1S/C12H10BrClOS2/c13-12-5-4-11(17-12)10(15)7-16-9-3-1-2-8(14)6-9/h1-6,10,15H,7H2. The molecule has 1 nitrogen and oxygen atoms in total. The van der Waals surface area contributed by atoms with Crippen LogP contribution in [-0.2, 0) is 0 Å². The fraction of sp³-hybridized carbons (Fsp3) is 0.167. The number of hydrogen-bond acceptors (Lipinski definition) is 3. The van der Waals surface area contributed by atoms with Crippen molar-refractivity contribution in [3.63, 3.8) is 0 Å². The van der Waals surface area contributed by atoms with Gasteiger partial charge in [-0.3, -0.25) is 0 Å². The van der Waals surface area contributed by atoms with Gasteiger partial charge in [-0.25, -0.2) is 0 Å². The third-order valence-electron chi connectivity index (χ3n) is 2.13. The van der Waals surface area contributed by atoms with Crippen molar-refractivity contribution in [1.82, 2.24) is 0 Å². The van der Waals surface area contributed by atoms with E-state index in [0.717, 1.165) is 18.6 Å². The molecule has 0 fully saturated rings. The number of aliphatic hydroxyl groups excluding tert-OH is 1. The Balaban J connectivity index is 1.94. The Labute approximate surface area is 122 Å². The van der Waals surface area contributed by atoms with Crippen molar-refractivity contribution in [3.05, 3.63) is 50.1 Å². The van der Waals surface area contributed by atoms with Crippen LogP contribution in [0.5, 0.6) is 0 Å². The molecule has 0 saturated heterocycles. The predicted molar refractivity (Wildman–Crippen MR) is 79.2 cm³/mol. The molecule has 5 heteroatoms. The van der Waals surface area contributed by atoms with Crippen molar-refractivity contribution in [2.45, 2.75) is 11.0 Å². The summed E-state index contributed by atoms with van der Waals surface area (Å²) in [4.78, 5) is 2.05. The lowest BCUT2D eigenvalue weighted by molar-refractivity contribution is 0.208. The van der Waals surface area contributed by atoms with Crippen LogP contribution in [0.4, 0.5) is 0 Å². The number of thiophene rings is 1. The Morgan fingerprint density at radius 3 is 2.82 bits per heavy atom. The minimum atomic E-state index is -0.435. The van der Waals surface area contributed by atoms with E-state index in [1.165, 1.54) is 0 Å². The summed E-state index contributed by atoms with van der Waals surface area (Å²) >= 11 is 12.5. The van der Waals surface area contributed by atoms with E-state index in [0.29, 0.717) is 5.75 Å². The van der Waals surface area contributed by atoms with Crippen LogP contribution in [0.1, 0.15) is 11.0 Å². The first kappa shape index (κ1) is 13.4. The molecule has 1 heterocycles. The summed E-state index contributed by atoms with van der Waals surface area (Å²) in [6.45, 7) is 0. The summed E-state index contributed by atoms with van der Waals surface area (Å²) < 4.78 is 1.04. The van der Waals surface area contributed by atoms with Gasteiger partial charge in [0.2, 0.25) is 0 Å². The van der Waals surface area contributed by atoms with Crippen LogP contribution in [0.25, 0.3) is 0 Å². The zero-order valence-electron chi connectivity index (χ0n) is 8.77. The first-order valence-corrected chi connectivity index (χ1v) is 7.94. The van der Waals surface area contributed by atoms with Gasteiger partial charge in [0.1, 0.15) is 0 Å². The first-order valence-electron chi connectivity index (χ1n) is 4.97. The SMILES string of the molecule is OC(CSc1cccc(Cl)c1)c1ccc(Br)s1. The van der Waals surface area contributed by atoms with Gasteiger partial charge < -0.3 is 5.11 Å². The van der Waals surface area contributed by atoms with E-state index in [9.17, 15) is 5.11 Å². The minimum Gasteiger partial charge on any atom is -0.387 e. The highest BCUT2D eigenvalue weighted by Crippen LogP contribution is 2.31. The van der Waals surface area contributed by atoms with Crippen molar-refractivity contribution in [2.75, 3.05) is 5.75 Å². The lowest BCUT2D eigenvalue weighted by atomic mass is 10.3. The Kier molecular flexibility index (Phi) is 4.94. The lowest BCUT2D eigenvalue weighted by Gasteiger charge is -2.08. The molecule has 1 aromatic heterocycles. The number of rotatable bonds is 4. The molecular weight excluding hydrogens is 340 g/mol. The Morgan fingerprint density at radius 2 is 2.18 bits per heavy atom. The summed E-state index contributed by atoms with van der Waals surface area (Å²) in [5.41, 5.74) is 0. The molecular formula is C12H10BrClOS2. The number of thioether (sulfide) groups is 1. The van der Waals surface area contributed by atoms with Gasteiger partial charge in [-0.2, -0.15) is 0 Å². The van der Waals surface area contributed by atoms with Crippen molar-refractivity contribution in [2.24, 2.45) is 0 Å². The minimum absolute atomic E-state index is 0.435. The number of aliphatic hydroxyl groups is 1. The highest BCUT2D eigenvalue weighted by atomic mass is 79.9. The van der Waals surface area contributed by atoms with E-state index in [1.807, 2.05) is 36.4 Å². The average molecular weight is 350 g/mol. The van der Waals surface area contributed by atoms with Crippen LogP contribution in [-0.4, -0.2) is 10.9 Å². The predicted octanol–water partition coefficient (Wildman–Crippen LogP) is 4.99. The molecule has 0 spiro atoms. The van der Waals surface area contributed by atoms with E-state index in [2.05, 4.69) is 15.9 Å². The maximum atomic E-state index is 10.0. The molecule has 1 unspecified atom stereocenters. The number of halogens is 2. The van der Waals surface area contributed by atoms with Gasteiger partial charge in [-0.1, -0.05) is 17.7 Å². The second-order valence-corrected chi connectivity index (χ2v) is 7.45. The highest BCUT2D eigenvalue weighted by Gasteiger charge is 2.10. The quantitative estimate of drug-likeness (QED) is 0.785. The molecule has 1 N–H and O–H groups in total. The Hall–Kier alpha value is -0.0000000000000000833. The molecule has 0 radical (unpaired) electrons. The van der Waals surface area contributed by atoms with Crippen LogP contribution in [0.3, 0.4) is 0 Å². The molecule has 0 aliphatic rings. The normalized spacial score (nSPS) is 12.6. The van der Waals surface area contributed by atoms with Gasteiger partial charge in [0, 0.05) is 20.5 Å². The summed E-state index contributed by atoms with van der Waals surface area (Å²) in [7, 11) is 0. The van der Waals surface area contributed by atoms with Crippen LogP contribution in [0.2, 0.25) is 5.02 Å². The Morgan fingerprint density at radius 1 is 1.35 bits per heavy atom. The van der Waals surface area contributed by atoms with Crippen molar-refractivity contribution >= 4 is 50.6 Å². The third kappa shape index (κ3) is 4.00. The van der Waals surface area contributed by atoms with E-state index < -0.39 is 6.10 Å². The maximum Gasteiger partial charge on any atom is 0.0975 e. The summed E-state index contributed by atoms with van der Waals surface area (Å²) in [5.74, 6) is 0.632. The van der Waals surface area contributed by atoms with Gasteiger partial charge >= 0.3 is 0 Å². The average Bonchev–Trinajstić information content (AvgIpc) is 2.73. The van der Waals surface area contributed by atoms with Gasteiger partial charge in [0.25, 0.3) is 0 Å². The van der Waals surface area contributed by atoms with Crippen LogP contribution >= 0.6 is 50.6 Å². The zero-order chi connectivity index (χ0) is 12.3. The molecule has 0 aliphatic heterocycles. The van der Waals surface area contributed by atoms with E-state index in [-0.39, 0.29) is 0 Å². The smallest absolute Gasteiger partial charge is 0.0975 e. The molecule has 1 atom stereocenters. The van der Waals surface area contributed by atoms with Crippen LogP contribution in [0, 0.1) is 0 Å². The lowest BCUT2D eigenvalue weighted by Crippen LogP contribution is -1.97. The molecule has 0 amide bonds. The Bertz CT molecular complexity index is 501. The van der Waals surface area contributed by atoms with E-state index in [4.69, 9.17) is 11.6 Å². The molecule has 1 aromatic carbocycles. The molecule has 2 aromatic rings. The highest BCUT2D eigenvalue weighted by molar-refractivity contribution is 9.11. The van der Waals surface area contributed by atoms with Crippen molar-refractivity contribution < 1.29 is 5.11 Å². The van der Waals surface area contributed by atoms with E-state index >= 15 is 0 Å². The van der Waals surface area contributed by atoms with E-state index in [1.54, 1.807) is 23.1 Å². The first-order chi connectivity index (χ1) is 8.15. The molecule has 90 valence electrons. The number of benzene rings is 1. The molecule has 0 bridgehead atoms. The largest absolute Gasteiger partial charge is 0.387 e. The third-order valence-corrected chi connectivity index (χ3v) is 5.16. The monoisotopic (exact) mass is 348 g/mol. The fourth-order valence-electron chi connectivity index (χ4n) is 1.32. The maximum absolute atomic E-state index is 10.0. The van der Waals surface area contributed by atoms with Gasteiger partial charge in [0.05, 0.1) is 9.89 Å². The fourth-order valence-corrected chi connectivity index (χ4v) is 4.01. The topological polar surface area (TPSA) is 20.2 Å². The van der Waals surface area contributed by atoms with Crippen molar-refractivity contribution in [3.8, 4) is 0 Å². The van der Waals surface area contributed by atoms with Gasteiger partial charge in [-0.05, 0) is 46.3 Å². The molecule has 17 heavy (non-hydrogen) atoms. The summed E-state index contributed by atoms with van der Waals surface area (Å²) in [5, 5.41) is 10.7. The number of hydrogen-bond donors (Lipinski definition) is 1. The summed E-state index contributed by atoms with van der Waals surface area (Å²) in [6, 6.07) is 11.6. The van der Waals surface area contributed by atoms with Gasteiger partial charge in [-0.15, -0.1) is 23.1 Å². The second-order valence-electron chi connectivity index (χ2n) is 3.43. The molecule has 0 aliphatic carbocycles. The molecule has 0 saturated carbocycles. The van der Waals surface area contributed by atoms with Crippen molar-refractivity contribution in [1.29, 1.82) is 0 Å². The summed E-state index contributed by atoms with van der Waals surface area (Å²) in [6.07, 6.45) is -0.435. The van der Waals surface area contributed by atoms with Crippen LogP contribution < -0.4 is 0 Å². The van der Waals surface area contributed by atoms with Crippen LogP contribution in [0.15, 0.2) is 45.1 Å². The zero-order valence-corrected chi connectivity index (χ0v) is 12.7. The molecule has 2 rings (SSSR count). The van der Waals surface area contributed by atoms with Gasteiger partial charge in [0.15, 0.2) is 0 Å². The second kappa shape index (κ2) is 6.25.